The van der Waals surface area contributed by atoms with Crippen molar-refractivity contribution in [2.75, 3.05) is 5.32 Å². The van der Waals surface area contributed by atoms with Gasteiger partial charge in [-0.05, 0) is 13.0 Å². The van der Waals surface area contributed by atoms with Crippen molar-refractivity contribution in [1.82, 2.24) is 14.5 Å². The molecule has 0 fully saturated rings. The van der Waals surface area contributed by atoms with E-state index in [1.807, 2.05) is 17.8 Å². The van der Waals surface area contributed by atoms with Crippen LogP contribution in [0.15, 0.2) is 24.7 Å². The highest BCUT2D eigenvalue weighted by Crippen LogP contribution is 2.18. The summed E-state index contributed by atoms with van der Waals surface area (Å²) in [5.74, 6) is 1.47. The molecule has 0 aromatic carbocycles. The molecule has 0 unspecified atom stereocenters. The van der Waals surface area contributed by atoms with Crippen molar-refractivity contribution in [3.05, 3.63) is 46.2 Å². The van der Waals surface area contributed by atoms with Crippen LogP contribution in [-0.4, -0.2) is 19.5 Å². The van der Waals surface area contributed by atoms with Gasteiger partial charge in [0, 0.05) is 25.0 Å². The minimum absolute atomic E-state index is 0.0255. The smallest absolute Gasteiger partial charge is 0.290 e. The summed E-state index contributed by atoms with van der Waals surface area (Å²) >= 11 is 0. The van der Waals surface area contributed by atoms with Crippen LogP contribution in [0.2, 0.25) is 0 Å². The van der Waals surface area contributed by atoms with E-state index >= 15 is 0 Å². The van der Waals surface area contributed by atoms with Crippen LogP contribution in [-0.2, 0) is 13.6 Å². The molecule has 0 spiro atoms. The predicted molar refractivity (Wildman–Crippen MR) is 66.2 cm³/mol. The Hall–Kier alpha value is -2.44. The van der Waals surface area contributed by atoms with Gasteiger partial charge >= 0.3 is 0 Å². The maximum Gasteiger partial charge on any atom is 0.290 e. The van der Waals surface area contributed by atoms with Gasteiger partial charge in [0.2, 0.25) is 0 Å². The standard InChI is InChI=1S/C11H13N5O2/c1-8-5-10(13-6-9(8)16(17)18)14-7-11-12-3-4-15(11)2/h3-6H,7H2,1-2H3,(H,13,14). The largest absolute Gasteiger partial charge is 0.363 e. The molecule has 0 radical (unpaired) electrons. The number of hydrogen-bond acceptors (Lipinski definition) is 5. The molecule has 7 heteroatoms. The summed E-state index contributed by atoms with van der Waals surface area (Å²) in [4.78, 5) is 18.4. The quantitative estimate of drug-likeness (QED) is 0.655. The van der Waals surface area contributed by atoms with Crippen LogP contribution in [0.25, 0.3) is 0 Å². The summed E-state index contributed by atoms with van der Waals surface area (Å²) in [7, 11) is 1.90. The minimum Gasteiger partial charge on any atom is -0.363 e. The number of imidazole rings is 1. The van der Waals surface area contributed by atoms with E-state index in [4.69, 9.17) is 0 Å². The molecule has 0 atom stereocenters. The van der Waals surface area contributed by atoms with E-state index in [0.29, 0.717) is 17.9 Å². The average Bonchev–Trinajstić information content (AvgIpc) is 2.72. The van der Waals surface area contributed by atoms with Gasteiger partial charge < -0.3 is 9.88 Å². The van der Waals surface area contributed by atoms with Gasteiger partial charge in [-0.1, -0.05) is 0 Å². The lowest BCUT2D eigenvalue weighted by atomic mass is 10.2. The van der Waals surface area contributed by atoms with Crippen molar-refractivity contribution < 1.29 is 4.92 Å². The summed E-state index contributed by atoms with van der Waals surface area (Å²) in [6.45, 7) is 2.21. The summed E-state index contributed by atoms with van der Waals surface area (Å²) in [6, 6.07) is 1.65. The third-order valence-electron chi connectivity index (χ3n) is 2.63. The van der Waals surface area contributed by atoms with Crippen molar-refractivity contribution in [1.29, 1.82) is 0 Å². The lowest BCUT2D eigenvalue weighted by Crippen LogP contribution is -2.07. The molecule has 0 bridgehead atoms. The highest BCUT2D eigenvalue weighted by molar-refractivity contribution is 5.46. The third-order valence-corrected chi connectivity index (χ3v) is 2.63. The van der Waals surface area contributed by atoms with Crippen LogP contribution in [0.3, 0.4) is 0 Å². The van der Waals surface area contributed by atoms with E-state index in [1.165, 1.54) is 6.20 Å². The Morgan fingerprint density at radius 3 is 2.83 bits per heavy atom. The Morgan fingerprint density at radius 2 is 2.28 bits per heavy atom. The van der Waals surface area contributed by atoms with Crippen molar-refractivity contribution in [3.8, 4) is 0 Å². The fourth-order valence-electron chi connectivity index (χ4n) is 1.57. The monoisotopic (exact) mass is 247 g/mol. The molecule has 0 amide bonds. The van der Waals surface area contributed by atoms with Gasteiger partial charge in [0.05, 0.1) is 11.5 Å². The van der Waals surface area contributed by atoms with Gasteiger partial charge in [0.1, 0.15) is 17.8 Å². The Labute approximate surface area is 104 Å². The van der Waals surface area contributed by atoms with Gasteiger partial charge in [-0.15, -0.1) is 0 Å². The van der Waals surface area contributed by atoms with E-state index in [1.54, 1.807) is 19.2 Å². The lowest BCUT2D eigenvalue weighted by Gasteiger charge is -2.06. The third kappa shape index (κ3) is 2.45. The first-order chi connectivity index (χ1) is 8.58. The maximum atomic E-state index is 10.7. The number of aromatic nitrogens is 3. The minimum atomic E-state index is -0.440. The van der Waals surface area contributed by atoms with E-state index in [0.717, 1.165) is 5.82 Å². The number of rotatable bonds is 4. The van der Waals surface area contributed by atoms with E-state index in [9.17, 15) is 10.1 Å². The van der Waals surface area contributed by atoms with Crippen molar-refractivity contribution in [3.63, 3.8) is 0 Å². The van der Waals surface area contributed by atoms with Crippen molar-refractivity contribution in [2.24, 2.45) is 7.05 Å². The van der Waals surface area contributed by atoms with Crippen LogP contribution in [0.1, 0.15) is 11.4 Å². The Balaban J connectivity index is 2.09. The zero-order chi connectivity index (χ0) is 13.1. The number of anilines is 1. The first-order valence-electron chi connectivity index (χ1n) is 5.39. The van der Waals surface area contributed by atoms with Crippen LogP contribution in [0.4, 0.5) is 11.5 Å². The molecular formula is C11H13N5O2. The molecule has 0 saturated heterocycles. The van der Waals surface area contributed by atoms with Crippen LogP contribution in [0.5, 0.6) is 0 Å². The van der Waals surface area contributed by atoms with Crippen LogP contribution >= 0.6 is 0 Å². The molecule has 2 heterocycles. The van der Waals surface area contributed by atoms with E-state index in [2.05, 4.69) is 15.3 Å². The molecule has 1 N–H and O–H groups in total. The number of hydrogen-bond donors (Lipinski definition) is 1. The predicted octanol–water partition coefficient (Wildman–Crippen LogP) is 1.64. The fraction of sp³-hybridized carbons (Fsp3) is 0.273. The maximum absolute atomic E-state index is 10.7. The highest BCUT2D eigenvalue weighted by Gasteiger charge is 2.11. The molecule has 2 rings (SSSR count). The number of nitrogens with zero attached hydrogens (tertiary/aromatic N) is 4. The molecule has 0 aliphatic carbocycles. The molecule has 94 valence electrons. The van der Waals surface area contributed by atoms with Crippen LogP contribution in [0, 0.1) is 17.0 Å². The van der Waals surface area contributed by atoms with Crippen LogP contribution < -0.4 is 5.32 Å². The lowest BCUT2D eigenvalue weighted by molar-refractivity contribution is -0.385. The molecule has 0 saturated carbocycles. The fourth-order valence-corrected chi connectivity index (χ4v) is 1.57. The van der Waals surface area contributed by atoms with Gasteiger partial charge in [-0.25, -0.2) is 9.97 Å². The first-order valence-corrected chi connectivity index (χ1v) is 5.39. The molecule has 0 aliphatic heterocycles. The molecule has 7 nitrogen and oxygen atoms in total. The molecule has 2 aromatic rings. The highest BCUT2D eigenvalue weighted by atomic mass is 16.6. The van der Waals surface area contributed by atoms with Crippen molar-refractivity contribution in [2.45, 2.75) is 13.5 Å². The van der Waals surface area contributed by atoms with Crippen molar-refractivity contribution >= 4 is 11.5 Å². The number of nitrogens with one attached hydrogen (secondary N) is 1. The molecule has 2 aromatic heterocycles. The average molecular weight is 247 g/mol. The molecule has 0 aliphatic rings. The van der Waals surface area contributed by atoms with Gasteiger partial charge in [-0.3, -0.25) is 10.1 Å². The SMILES string of the molecule is Cc1cc(NCc2nccn2C)ncc1[N+](=O)[O-]. The van der Waals surface area contributed by atoms with E-state index in [-0.39, 0.29) is 5.69 Å². The topological polar surface area (TPSA) is 85.9 Å². The zero-order valence-electron chi connectivity index (χ0n) is 10.1. The second kappa shape index (κ2) is 4.82. The first kappa shape index (κ1) is 12.0. The number of nitro groups is 1. The van der Waals surface area contributed by atoms with Gasteiger partial charge in [0.25, 0.3) is 5.69 Å². The normalized spacial score (nSPS) is 10.3. The second-order valence-electron chi connectivity index (χ2n) is 3.92. The Morgan fingerprint density at radius 1 is 1.50 bits per heavy atom. The van der Waals surface area contributed by atoms with Gasteiger partial charge in [-0.2, -0.15) is 0 Å². The summed E-state index contributed by atoms with van der Waals surface area (Å²) in [5.41, 5.74) is 0.606. The molecule has 18 heavy (non-hydrogen) atoms. The van der Waals surface area contributed by atoms with Gasteiger partial charge in [0.15, 0.2) is 0 Å². The summed E-state index contributed by atoms with van der Waals surface area (Å²) in [6.07, 6.45) is 4.83. The summed E-state index contributed by atoms with van der Waals surface area (Å²) in [5, 5.41) is 13.7. The Kier molecular flexibility index (Phi) is 3.22. The number of pyridine rings is 1. The van der Waals surface area contributed by atoms with E-state index < -0.39 is 4.92 Å². The summed E-state index contributed by atoms with van der Waals surface area (Å²) < 4.78 is 1.89. The second-order valence-corrected chi connectivity index (χ2v) is 3.92. The Bertz CT molecular complexity index is 579. The zero-order valence-corrected chi connectivity index (χ0v) is 10.1. The molecular weight excluding hydrogens is 234 g/mol. The number of aryl methyl sites for hydroxylation is 2.